The maximum atomic E-state index is 12.8. The molecular formula is C51H98O6. The third kappa shape index (κ3) is 43.8. The molecule has 0 aromatic carbocycles. The van der Waals surface area contributed by atoms with E-state index in [0.29, 0.717) is 19.3 Å². The molecule has 0 radical (unpaired) electrons. The molecule has 0 bridgehead atoms. The van der Waals surface area contributed by atoms with Gasteiger partial charge in [0.2, 0.25) is 0 Å². The van der Waals surface area contributed by atoms with E-state index in [-0.39, 0.29) is 31.1 Å². The summed E-state index contributed by atoms with van der Waals surface area (Å²) in [6.07, 6.45) is 46.4. The van der Waals surface area contributed by atoms with Crippen molar-refractivity contribution in [3.63, 3.8) is 0 Å². The van der Waals surface area contributed by atoms with Gasteiger partial charge in [0.25, 0.3) is 0 Å². The molecule has 0 amide bonds. The van der Waals surface area contributed by atoms with Crippen LogP contribution in [0.4, 0.5) is 0 Å². The summed E-state index contributed by atoms with van der Waals surface area (Å²) in [5.74, 6) is 0.0215. The summed E-state index contributed by atoms with van der Waals surface area (Å²) in [5.41, 5.74) is 0. The first kappa shape index (κ1) is 55.4. The maximum absolute atomic E-state index is 12.8. The van der Waals surface area contributed by atoms with Gasteiger partial charge < -0.3 is 14.2 Å². The second kappa shape index (κ2) is 45.5. The number of carbonyl (C=O) groups excluding carboxylic acids is 3. The summed E-state index contributed by atoms with van der Waals surface area (Å²) in [4.78, 5) is 37.9. The van der Waals surface area contributed by atoms with E-state index in [1.807, 2.05) is 0 Å². The molecule has 0 heterocycles. The molecule has 0 aromatic heterocycles. The Bertz CT molecular complexity index is 859. The molecule has 0 aromatic rings. The zero-order valence-electron chi connectivity index (χ0n) is 38.8. The lowest BCUT2D eigenvalue weighted by atomic mass is 9.99. The highest BCUT2D eigenvalue weighted by molar-refractivity contribution is 5.71. The standard InChI is InChI=1S/C51H98O6/c1-5-8-10-12-14-16-18-20-22-27-31-35-39-43-50(53)56-46-48(45-55-49(52)42-38-34-30-26-21-19-17-15-13-11-9-6-2)57-51(54)44-40-36-32-28-24-23-25-29-33-37-41-47(4)7-3/h47-48H,5-46H2,1-4H3/t47?,48-/m1/s1. The molecule has 0 rings (SSSR count). The largest absolute Gasteiger partial charge is 0.462 e. The quantitative estimate of drug-likeness (QED) is 0.0346. The molecule has 0 aliphatic heterocycles. The Morgan fingerprint density at radius 1 is 0.351 bits per heavy atom. The third-order valence-corrected chi connectivity index (χ3v) is 11.9. The Morgan fingerprint density at radius 3 is 0.912 bits per heavy atom. The molecule has 0 aliphatic rings. The predicted octanol–water partition coefficient (Wildman–Crippen LogP) is 16.3. The molecular weight excluding hydrogens is 709 g/mol. The first-order valence-corrected chi connectivity index (χ1v) is 25.4. The highest BCUT2D eigenvalue weighted by atomic mass is 16.6. The van der Waals surface area contributed by atoms with Crippen LogP contribution in [0.25, 0.3) is 0 Å². The Balaban J connectivity index is 4.33. The van der Waals surface area contributed by atoms with Crippen molar-refractivity contribution < 1.29 is 28.6 Å². The topological polar surface area (TPSA) is 78.9 Å². The van der Waals surface area contributed by atoms with Crippen molar-refractivity contribution in [2.45, 2.75) is 291 Å². The lowest BCUT2D eigenvalue weighted by Crippen LogP contribution is -2.30. The zero-order valence-corrected chi connectivity index (χ0v) is 38.8. The van der Waals surface area contributed by atoms with E-state index in [4.69, 9.17) is 14.2 Å². The highest BCUT2D eigenvalue weighted by Gasteiger charge is 2.19. The molecule has 0 fully saturated rings. The van der Waals surface area contributed by atoms with Gasteiger partial charge in [0, 0.05) is 19.3 Å². The summed E-state index contributed by atoms with van der Waals surface area (Å²) in [6.45, 7) is 9.04. The fraction of sp³-hybridized carbons (Fsp3) is 0.941. The van der Waals surface area contributed by atoms with Gasteiger partial charge in [0.05, 0.1) is 0 Å². The molecule has 338 valence electrons. The highest BCUT2D eigenvalue weighted by Crippen LogP contribution is 2.17. The molecule has 2 atom stereocenters. The first-order valence-electron chi connectivity index (χ1n) is 25.4. The van der Waals surface area contributed by atoms with Gasteiger partial charge >= 0.3 is 17.9 Å². The van der Waals surface area contributed by atoms with Crippen LogP contribution in [0.15, 0.2) is 0 Å². The molecule has 1 unspecified atom stereocenters. The lowest BCUT2D eigenvalue weighted by Gasteiger charge is -2.18. The van der Waals surface area contributed by atoms with E-state index >= 15 is 0 Å². The smallest absolute Gasteiger partial charge is 0.306 e. The van der Waals surface area contributed by atoms with Crippen LogP contribution in [0.3, 0.4) is 0 Å². The second-order valence-corrected chi connectivity index (χ2v) is 17.7. The molecule has 0 spiro atoms. The minimum absolute atomic E-state index is 0.0630. The number of hydrogen-bond acceptors (Lipinski definition) is 6. The number of carbonyl (C=O) groups is 3. The van der Waals surface area contributed by atoms with Crippen molar-refractivity contribution in [1.29, 1.82) is 0 Å². The normalized spacial score (nSPS) is 12.4. The van der Waals surface area contributed by atoms with Gasteiger partial charge in [-0.1, -0.05) is 246 Å². The Hall–Kier alpha value is -1.59. The van der Waals surface area contributed by atoms with Gasteiger partial charge in [0.1, 0.15) is 13.2 Å². The van der Waals surface area contributed by atoms with Gasteiger partial charge in [-0.3, -0.25) is 14.4 Å². The van der Waals surface area contributed by atoms with Gasteiger partial charge in [-0.05, 0) is 25.2 Å². The number of ether oxygens (including phenoxy) is 3. The summed E-state index contributed by atoms with van der Waals surface area (Å²) in [7, 11) is 0. The van der Waals surface area contributed by atoms with Crippen LogP contribution in [0, 0.1) is 5.92 Å². The number of hydrogen-bond donors (Lipinski definition) is 0. The molecule has 6 nitrogen and oxygen atoms in total. The zero-order chi connectivity index (χ0) is 41.7. The average molecular weight is 807 g/mol. The molecule has 6 heteroatoms. The summed E-state index contributed by atoms with van der Waals surface area (Å²) in [5, 5.41) is 0. The minimum atomic E-state index is -0.760. The van der Waals surface area contributed by atoms with Crippen molar-refractivity contribution in [3.8, 4) is 0 Å². The van der Waals surface area contributed by atoms with Crippen LogP contribution in [-0.2, 0) is 28.6 Å². The van der Waals surface area contributed by atoms with Crippen LogP contribution < -0.4 is 0 Å². The van der Waals surface area contributed by atoms with Crippen molar-refractivity contribution in [1.82, 2.24) is 0 Å². The van der Waals surface area contributed by atoms with Crippen molar-refractivity contribution in [2.75, 3.05) is 13.2 Å². The summed E-state index contributed by atoms with van der Waals surface area (Å²) in [6, 6.07) is 0. The van der Waals surface area contributed by atoms with Crippen LogP contribution in [0.1, 0.15) is 285 Å². The Kier molecular flexibility index (Phi) is 44.2. The number of rotatable bonds is 46. The van der Waals surface area contributed by atoms with Crippen molar-refractivity contribution in [3.05, 3.63) is 0 Å². The average Bonchev–Trinajstić information content (AvgIpc) is 3.21. The van der Waals surface area contributed by atoms with Crippen molar-refractivity contribution in [2.24, 2.45) is 5.92 Å². The first-order chi connectivity index (χ1) is 27.9. The van der Waals surface area contributed by atoms with Gasteiger partial charge in [0.15, 0.2) is 6.10 Å². The number of unbranched alkanes of at least 4 members (excludes halogenated alkanes) is 32. The van der Waals surface area contributed by atoms with Crippen LogP contribution >= 0.6 is 0 Å². The monoisotopic (exact) mass is 807 g/mol. The van der Waals surface area contributed by atoms with Crippen molar-refractivity contribution >= 4 is 17.9 Å². The Labute approximate surface area is 355 Å². The summed E-state index contributed by atoms with van der Waals surface area (Å²) >= 11 is 0. The Morgan fingerprint density at radius 2 is 0.614 bits per heavy atom. The van der Waals surface area contributed by atoms with E-state index in [2.05, 4.69) is 27.7 Å². The number of esters is 3. The minimum Gasteiger partial charge on any atom is -0.462 e. The SMILES string of the molecule is CCCCCCCCCCCCCCCC(=O)OC[C@@H](COC(=O)CCCCCCCCCCCCCC)OC(=O)CCCCCCCCCCCCC(C)CC. The van der Waals surface area contributed by atoms with E-state index in [0.717, 1.165) is 63.7 Å². The van der Waals surface area contributed by atoms with Gasteiger partial charge in [-0.25, -0.2) is 0 Å². The van der Waals surface area contributed by atoms with Crippen LogP contribution in [-0.4, -0.2) is 37.2 Å². The van der Waals surface area contributed by atoms with Crippen LogP contribution in [0.2, 0.25) is 0 Å². The predicted molar refractivity (Wildman–Crippen MR) is 243 cm³/mol. The van der Waals surface area contributed by atoms with E-state index in [9.17, 15) is 14.4 Å². The maximum Gasteiger partial charge on any atom is 0.306 e. The van der Waals surface area contributed by atoms with Crippen LogP contribution in [0.5, 0.6) is 0 Å². The lowest BCUT2D eigenvalue weighted by molar-refractivity contribution is -0.167. The molecule has 0 saturated heterocycles. The molecule has 0 saturated carbocycles. The molecule has 0 aliphatic carbocycles. The van der Waals surface area contributed by atoms with E-state index in [1.54, 1.807) is 0 Å². The summed E-state index contributed by atoms with van der Waals surface area (Å²) < 4.78 is 16.8. The molecule has 57 heavy (non-hydrogen) atoms. The second-order valence-electron chi connectivity index (χ2n) is 17.7. The van der Waals surface area contributed by atoms with Gasteiger partial charge in [-0.15, -0.1) is 0 Å². The van der Waals surface area contributed by atoms with E-state index in [1.165, 1.54) is 180 Å². The van der Waals surface area contributed by atoms with E-state index < -0.39 is 6.10 Å². The fourth-order valence-electron chi connectivity index (χ4n) is 7.66. The molecule has 0 N–H and O–H groups in total. The fourth-order valence-corrected chi connectivity index (χ4v) is 7.66. The third-order valence-electron chi connectivity index (χ3n) is 11.9. The van der Waals surface area contributed by atoms with Gasteiger partial charge in [-0.2, -0.15) is 0 Å².